The molecule has 0 aliphatic carbocycles. The second kappa shape index (κ2) is 5.84. The molecule has 0 unspecified atom stereocenters. The van der Waals surface area contributed by atoms with E-state index in [-0.39, 0.29) is 5.91 Å². The van der Waals surface area contributed by atoms with Crippen LogP contribution in [0.2, 0.25) is 0 Å². The fraction of sp³-hybridized carbons (Fsp3) is 0.154. The first kappa shape index (κ1) is 12.9. The van der Waals surface area contributed by atoms with E-state index in [2.05, 4.69) is 26.8 Å². The van der Waals surface area contributed by atoms with Gasteiger partial charge in [0.25, 0.3) is 5.91 Å². The lowest BCUT2D eigenvalue weighted by Crippen LogP contribution is -2.36. The number of halogens is 1. The maximum absolute atomic E-state index is 11.7. The highest BCUT2D eigenvalue weighted by Gasteiger charge is 2.10. The average molecular weight is 309 g/mol. The van der Waals surface area contributed by atoms with Crippen LogP contribution >= 0.6 is 15.9 Å². The molecule has 0 atom stereocenters. The van der Waals surface area contributed by atoms with Gasteiger partial charge in [-0.15, -0.1) is 0 Å². The van der Waals surface area contributed by atoms with Gasteiger partial charge in [0.15, 0.2) is 0 Å². The van der Waals surface area contributed by atoms with Crippen molar-refractivity contribution in [2.75, 3.05) is 6.54 Å². The minimum Gasteiger partial charge on any atom is -0.464 e. The van der Waals surface area contributed by atoms with E-state index in [1.54, 1.807) is 6.07 Å². The van der Waals surface area contributed by atoms with Gasteiger partial charge >= 0.3 is 0 Å². The van der Waals surface area contributed by atoms with Gasteiger partial charge < -0.3 is 4.42 Å². The van der Waals surface area contributed by atoms with Crippen molar-refractivity contribution < 1.29 is 9.21 Å². The molecule has 18 heavy (non-hydrogen) atoms. The van der Waals surface area contributed by atoms with Crippen molar-refractivity contribution in [1.82, 2.24) is 10.9 Å². The van der Waals surface area contributed by atoms with E-state index in [1.165, 1.54) is 6.26 Å². The number of hydrogen-bond donors (Lipinski definition) is 2. The number of hydrogen-bond acceptors (Lipinski definition) is 3. The number of carbonyl (C=O) groups is 1. The van der Waals surface area contributed by atoms with Crippen LogP contribution in [0.4, 0.5) is 0 Å². The van der Waals surface area contributed by atoms with Crippen LogP contribution in [0.15, 0.2) is 45.5 Å². The molecular weight excluding hydrogens is 296 g/mol. The van der Waals surface area contributed by atoms with Gasteiger partial charge in [-0.25, -0.2) is 5.43 Å². The van der Waals surface area contributed by atoms with Gasteiger partial charge in [-0.1, -0.05) is 35.0 Å². The third-order valence-corrected chi connectivity index (χ3v) is 2.90. The van der Waals surface area contributed by atoms with Gasteiger partial charge in [0, 0.05) is 16.6 Å². The molecule has 0 aliphatic heterocycles. The summed E-state index contributed by atoms with van der Waals surface area (Å²) < 4.78 is 6.39. The molecule has 0 aliphatic rings. The van der Waals surface area contributed by atoms with E-state index in [0.717, 1.165) is 10.0 Å². The molecule has 2 N–H and O–H groups in total. The summed E-state index contributed by atoms with van der Waals surface area (Å²) in [5.74, 6) is 0.466. The minimum atomic E-state index is -0.205. The van der Waals surface area contributed by atoms with E-state index in [4.69, 9.17) is 4.42 Å². The second-order valence-corrected chi connectivity index (χ2v) is 4.61. The molecule has 94 valence electrons. The molecule has 2 aromatic rings. The molecule has 2 rings (SSSR count). The van der Waals surface area contributed by atoms with Crippen LogP contribution in [0.3, 0.4) is 0 Å². The molecule has 1 amide bonds. The molecule has 1 aromatic carbocycles. The molecule has 0 radical (unpaired) electrons. The predicted octanol–water partition coefficient (Wildman–Crippen LogP) is 2.96. The third-order valence-electron chi connectivity index (χ3n) is 2.37. The van der Waals surface area contributed by atoms with E-state index < -0.39 is 0 Å². The minimum absolute atomic E-state index is 0.205. The number of hydrazine groups is 1. The molecule has 0 spiro atoms. The zero-order valence-corrected chi connectivity index (χ0v) is 11.5. The normalized spacial score (nSPS) is 10.3. The largest absolute Gasteiger partial charge is 0.464 e. The molecule has 0 saturated heterocycles. The van der Waals surface area contributed by atoms with Crippen molar-refractivity contribution >= 4 is 21.8 Å². The monoisotopic (exact) mass is 308 g/mol. The molecule has 1 aromatic heterocycles. The number of carbonyl (C=O) groups excluding carboxylic acids is 1. The standard InChI is InChI=1S/C13H13BrN2O2/c1-2-15-16-13(17)10-7-12(18-8-10)9-3-5-11(14)6-4-9/h3-8,15H,2H2,1H3,(H,16,17). The van der Waals surface area contributed by atoms with E-state index in [1.807, 2.05) is 31.2 Å². The number of amides is 1. The van der Waals surface area contributed by atoms with Crippen LogP contribution in [0.5, 0.6) is 0 Å². The molecule has 0 fully saturated rings. The smallest absolute Gasteiger partial charge is 0.268 e. The van der Waals surface area contributed by atoms with Crippen molar-refractivity contribution in [3.8, 4) is 11.3 Å². The maximum atomic E-state index is 11.7. The highest BCUT2D eigenvalue weighted by molar-refractivity contribution is 9.10. The molecule has 0 bridgehead atoms. The quantitative estimate of drug-likeness (QED) is 0.854. The Kier molecular flexibility index (Phi) is 4.17. The Hall–Kier alpha value is -1.59. The van der Waals surface area contributed by atoms with Crippen molar-refractivity contribution in [3.05, 3.63) is 46.6 Å². The summed E-state index contributed by atoms with van der Waals surface area (Å²) >= 11 is 3.37. The maximum Gasteiger partial charge on any atom is 0.268 e. The summed E-state index contributed by atoms with van der Waals surface area (Å²) in [6, 6.07) is 9.42. The van der Waals surface area contributed by atoms with Crippen molar-refractivity contribution in [2.24, 2.45) is 0 Å². The summed E-state index contributed by atoms with van der Waals surface area (Å²) in [5, 5.41) is 0. The van der Waals surface area contributed by atoms with Gasteiger partial charge in [0.1, 0.15) is 12.0 Å². The van der Waals surface area contributed by atoms with Crippen LogP contribution in [0.1, 0.15) is 17.3 Å². The summed E-state index contributed by atoms with van der Waals surface area (Å²) in [5.41, 5.74) is 6.75. The number of rotatable bonds is 4. The first-order chi connectivity index (χ1) is 8.70. The first-order valence-electron chi connectivity index (χ1n) is 5.58. The topological polar surface area (TPSA) is 54.3 Å². The lowest BCUT2D eigenvalue weighted by Gasteiger charge is -2.01. The van der Waals surface area contributed by atoms with Gasteiger partial charge in [0.2, 0.25) is 0 Å². The summed E-state index contributed by atoms with van der Waals surface area (Å²) in [7, 11) is 0. The highest BCUT2D eigenvalue weighted by Crippen LogP contribution is 2.23. The fourth-order valence-electron chi connectivity index (χ4n) is 1.46. The van der Waals surface area contributed by atoms with Gasteiger partial charge in [0.05, 0.1) is 5.56 Å². The Labute approximate surface area is 113 Å². The Balaban J connectivity index is 2.15. The van der Waals surface area contributed by atoms with E-state index in [0.29, 0.717) is 17.9 Å². The zero-order chi connectivity index (χ0) is 13.0. The van der Waals surface area contributed by atoms with Crippen LogP contribution in [0, 0.1) is 0 Å². The summed E-state index contributed by atoms with van der Waals surface area (Å²) in [6.45, 7) is 2.58. The number of benzene rings is 1. The lowest BCUT2D eigenvalue weighted by atomic mass is 10.1. The Morgan fingerprint density at radius 3 is 2.72 bits per heavy atom. The van der Waals surface area contributed by atoms with E-state index >= 15 is 0 Å². The zero-order valence-electron chi connectivity index (χ0n) is 9.87. The van der Waals surface area contributed by atoms with Crippen molar-refractivity contribution in [3.63, 3.8) is 0 Å². The SMILES string of the molecule is CCNNC(=O)c1coc(-c2ccc(Br)cc2)c1. The summed E-state index contributed by atoms with van der Waals surface area (Å²) in [4.78, 5) is 11.7. The highest BCUT2D eigenvalue weighted by atomic mass is 79.9. The van der Waals surface area contributed by atoms with Crippen LogP contribution < -0.4 is 10.9 Å². The third kappa shape index (κ3) is 3.00. The van der Waals surface area contributed by atoms with E-state index in [9.17, 15) is 4.79 Å². The number of furan rings is 1. The van der Waals surface area contributed by atoms with Crippen LogP contribution in [0.25, 0.3) is 11.3 Å². The van der Waals surface area contributed by atoms with Crippen molar-refractivity contribution in [2.45, 2.75) is 6.92 Å². The molecular formula is C13H13BrN2O2. The lowest BCUT2D eigenvalue weighted by molar-refractivity contribution is 0.0933. The van der Waals surface area contributed by atoms with Crippen molar-refractivity contribution in [1.29, 1.82) is 0 Å². The Bertz CT molecular complexity index is 534. The predicted molar refractivity (Wildman–Crippen MR) is 73.0 cm³/mol. The molecule has 4 nitrogen and oxygen atoms in total. The number of nitrogens with one attached hydrogen (secondary N) is 2. The first-order valence-corrected chi connectivity index (χ1v) is 6.37. The molecule has 5 heteroatoms. The molecule has 1 heterocycles. The molecule has 0 saturated carbocycles. The average Bonchev–Trinajstić information content (AvgIpc) is 2.86. The Morgan fingerprint density at radius 1 is 1.33 bits per heavy atom. The summed E-state index contributed by atoms with van der Waals surface area (Å²) in [6.07, 6.45) is 1.45. The Morgan fingerprint density at radius 2 is 2.06 bits per heavy atom. The fourth-order valence-corrected chi connectivity index (χ4v) is 1.73. The van der Waals surface area contributed by atoms with Gasteiger partial charge in [-0.2, -0.15) is 0 Å². The van der Waals surface area contributed by atoms with Gasteiger partial charge in [-0.05, 0) is 18.2 Å². The second-order valence-electron chi connectivity index (χ2n) is 3.69. The van der Waals surface area contributed by atoms with Crippen LogP contribution in [-0.2, 0) is 0 Å². The van der Waals surface area contributed by atoms with Crippen LogP contribution in [-0.4, -0.2) is 12.5 Å². The van der Waals surface area contributed by atoms with Gasteiger partial charge in [-0.3, -0.25) is 10.2 Å².